The van der Waals surface area contributed by atoms with Crippen molar-refractivity contribution in [3.63, 3.8) is 0 Å². The number of hydrogen-bond donors (Lipinski definition) is 1. The third-order valence-corrected chi connectivity index (χ3v) is 6.92. The maximum Gasteiger partial charge on any atom is 0.494 e. The molecule has 1 aliphatic carbocycles. The minimum atomic E-state index is -0.893. The van der Waals surface area contributed by atoms with Crippen molar-refractivity contribution < 1.29 is 13.5 Å². The van der Waals surface area contributed by atoms with Gasteiger partial charge in [-0.25, -0.2) is 8.93 Å². The van der Waals surface area contributed by atoms with E-state index in [-0.39, 0.29) is 23.6 Å². The Kier molecular flexibility index (Phi) is 4.47. The van der Waals surface area contributed by atoms with Gasteiger partial charge in [-0.15, -0.1) is 0 Å². The van der Waals surface area contributed by atoms with Crippen LogP contribution in [0.15, 0.2) is 24.3 Å². The number of benzene rings is 1. The molecule has 1 saturated carbocycles. The van der Waals surface area contributed by atoms with Crippen molar-refractivity contribution in [2.75, 3.05) is 7.05 Å². The summed E-state index contributed by atoms with van der Waals surface area (Å²) in [6, 6.07) is 8.51. The number of hydrogen-bond acceptors (Lipinski definition) is 3. The second kappa shape index (κ2) is 5.99. The molecule has 6 heteroatoms. The van der Waals surface area contributed by atoms with Crippen molar-refractivity contribution in [2.45, 2.75) is 62.9 Å². The van der Waals surface area contributed by atoms with Crippen LogP contribution in [0.4, 0.5) is 0 Å². The zero-order valence-corrected chi connectivity index (χ0v) is 15.4. The lowest BCUT2D eigenvalue weighted by atomic mass is 9.75. The predicted octanol–water partition coefficient (Wildman–Crippen LogP) is 2.11. The quantitative estimate of drug-likeness (QED) is 0.858. The minimum absolute atomic E-state index is 0.285. The molecule has 126 valence electrons. The van der Waals surface area contributed by atoms with Gasteiger partial charge in [0, 0.05) is 0 Å². The van der Waals surface area contributed by atoms with Crippen molar-refractivity contribution in [3.05, 3.63) is 29.8 Å². The highest BCUT2D eigenvalue weighted by atomic mass is 32.2. The Balaban J connectivity index is 1.64. The summed E-state index contributed by atoms with van der Waals surface area (Å²) < 4.78 is 26.7. The van der Waals surface area contributed by atoms with E-state index in [0.717, 1.165) is 18.3 Å². The standard InChI is InChI=1S/C17H26BNO3S/c1-16(2)17(3,4)22-18(21-16)14-8-6-12(7-9-14)13-10-15(11-13)23(20)19-5/h6-9,13,15,19H,10-11H2,1-5H3. The molecule has 4 nitrogen and oxygen atoms in total. The Hall–Kier alpha value is -0.685. The third kappa shape index (κ3) is 3.14. The van der Waals surface area contributed by atoms with Gasteiger partial charge in [0.1, 0.15) is 0 Å². The van der Waals surface area contributed by atoms with E-state index in [9.17, 15) is 4.21 Å². The molecule has 1 heterocycles. The van der Waals surface area contributed by atoms with Gasteiger partial charge >= 0.3 is 7.12 Å². The molecule has 1 N–H and O–H groups in total. The van der Waals surface area contributed by atoms with Gasteiger partial charge in [-0.3, -0.25) is 0 Å². The fourth-order valence-electron chi connectivity index (χ4n) is 3.08. The van der Waals surface area contributed by atoms with Crippen molar-refractivity contribution in [1.82, 2.24) is 4.72 Å². The largest absolute Gasteiger partial charge is 0.494 e. The van der Waals surface area contributed by atoms with Gasteiger partial charge < -0.3 is 9.31 Å². The van der Waals surface area contributed by atoms with Gasteiger partial charge in [-0.2, -0.15) is 0 Å². The molecule has 23 heavy (non-hydrogen) atoms. The molecule has 0 aromatic heterocycles. The van der Waals surface area contributed by atoms with Gasteiger partial charge in [-0.05, 0) is 64.5 Å². The second-order valence-corrected chi connectivity index (χ2v) is 9.22. The van der Waals surface area contributed by atoms with Crippen molar-refractivity contribution >= 4 is 23.6 Å². The topological polar surface area (TPSA) is 47.6 Å². The highest BCUT2D eigenvalue weighted by molar-refractivity contribution is 7.83. The van der Waals surface area contributed by atoms with Crippen LogP contribution in [-0.4, -0.2) is 34.8 Å². The molecular formula is C17H26BNO3S. The molecule has 1 aromatic carbocycles. The van der Waals surface area contributed by atoms with Crippen LogP contribution in [0, 0.1) is 0 Å². The monoisotopic (exact) mass is 335 g/mol. The molecule has 1 aromatic rings. The van der Waals surface area contributed by atoms with E-state index in [0.29, 0.717) is 5.92 Å². The zero-order chi connectivity index (χ0) is 16.8. The van der Waals surface area contributed by atoms with E-state index in [1.165, 1.54) is 5.56 Å². The number of rotatable bonds is 4. The molecule has 2 aliphatic rings. The van der Waals surface area contributed by atoms with Crippen LogP contribution in [0.1, 0.15) is 52.0 Å². The van der Waals surface area contributed by atoms with Crippen LogP contribution in [-0.2, 0) is 20.3 Å². The van der Waals surface area contributed by atoms with E-state index in [2.05, 4.69) is 56.7 Å². The molecule has 0 bridgehead atoms. The molecule has 1 atom stereocenters. The fraction of sp³-hybridized carbons (Fsp3) is 0.647. The summed E-state index contributed by atoms with van der Waals surface area (Å²) in [4.78, 5) is 0. The normalized spacial score (nSPS) is 30.0. The summed E-state index contributed by atoms with van der Waals surface area (Å²) in [5, 5.41) is 0.285. The van der Waals surface area contributed by atoms with Crippen molar-refractivity contribution in [3.8, 4) is 0 Å². The Morgan fingerprint density at radius 1 is 1.09 bits per heavy atom. The summed E-state index contributed by atoms with van der Waals surface area (Å²) in [6.07, 6.45) is 1.98. The molecular weight excluding hydrogens is 309 g/mol. The van der Waals surface area contributed by atoms with Gasteiger partial charge in [0.05, 0.1) is 27.4 Å². The average Bonchev–Trinajstić information content (AvgIpc) is 2.66. The Labute approximate surface area is 142 Å². The molecule has 1 saturated heterocycles. The maximum atomic E-state index is 11.7. The SMILES string of the molecule is CNS(=O)C1CC(c2ccc(B3OC(C)(C)C(C)(C)O3)cc2)C1. The zero-order valence-electron chi connectivity index (χ0n) is 14.6. The summed E-state index contributed by atoms with van der Waals surface area (Å²) in [5.74, 6) is 0.518. The van der Waals surface area contributed by atoms with E-state index in [4.69, 9.17) is 9.31 Å². The number of nitrogens with one attached hydrogen (secondary N) is 1. The lowest BCUT2D eigenvalue weighted by molar-refractivity contribution is 0.00578. The van der Waals surface area contributed by atoms with Crippen LogP contribution in [0.3, 0.4) is 0 Å². The molecule has 0 radical (unpaired) electrons. The van der Waals surface area contributed by atoms with Crippen LogP contribution in [0.5, 0.6) is 0 Å². The second-order valence-electron chi connectivity index (χ2n) is 7.55. The Morgan fingerprint density at radius 3 is 2.09 bits per heavy atom. The highest BCUT2D eigenvalue weighted by Crippen LogP contribution is 2.39. The van der Waals surface area contributed by atoms with E-state index < -0.39 is 11.0 Å². The van der Waals surface area contributed by atoms with Crippen LogP contribution in [0.25, 0.3) is 0 Å². The molecule has 3 rings (SSSR count). The Bertz CT molecular complexity index is 580. The van der Waals surface area contributed by atoms with Crippen LogP contribution < -0.4 is 10.2 Å². The summed E-state index contributed by atoms with van der Waals surface area (Å²) in [7, 11) is 0.554. The van der Waals surface area contributed by atoms with Crippen LogP contribution in [0.2, 0.25) is 0 Å². The van der Waals surface area contributed by atoms with E-state index in [1.54, 1.807) is 7.05 Å². The van der Waals surface area contributed by atoms with E-state index in [1.807, 2.05) is 0 Å². The molecule has 2 fully saturated rings. The first-order chi connectivity index (χ1) is 10.7. The lowest BCUT2D eigenvalue weighted by Crippen LogP contribution is -2.41. The first kappa shape index (κ1) is 17.1. The molecule has 1 aliphatic heterocycles. The molecule has 0 spiro atoms. The molecule has 1 unspecified atom stereocenters. The summed E-state index contributed by atoms with van der Waals surface area (Å²) in [6.45, 7) is 8.27. The third-order valence-electron chi connectivity index (χ3n) is 5.53. The first-order valence-corrected chi connectivity index (χ1v) is 9.48. The highest BCUT2D eigenvalue weighted by Gasteiger charge is 2.51. The lowest BCUT2D eigenvalue weighted by Gasteiger charge is -2.34. The van der Waals surface area contributed by atoms with Crippen LogP contribution >= 0.6 is 0 Å². The van der Waals surface area contributed by atoms with Gasteiger partial charge in [0.25, 0.3) is 0 Å². The van der Waals surface area contributed by atoms with E-state index >= 15 is 0 Å². The minimum Gasteiger partial charge on any atom is -0.399 e. The Morgan fingerprint density at radius 2 is 1.61 bits per heavy atom. The summed E-state index contributed by atoms with van der Waals surface area (Å²) in [5.41, 5.74) is 1.75. The van der Waals surface area contributed by atoms with Crippen molar-refractivity contribution in [1.29, 1.82) is 0 Å². The smallest absolute Gasteiger partial charge is 0.399 e. The average molecular weight is 335 g/mol. The van der Waals surface area contributed by atoms with Gasteiger partial charge in [-0.1, -0.05) is 24.3 Å². The maximum absolute atomic E-state index is 11.7. The summed E-state index contributed by atoms with van der Waals surface area (Å²) >= 11 is 0. The molecule has 0 amide bonds. The fourth-order valence-corrected chi connectivity index (χ4v) is 4.23. The van der Waals surface area contributed by atoms with Crippen molar-refractivity contribution in [2.24, 2.45) is 0 Å². The predicted molar refractivity (Wildman–Crippen MR) is 95.1 cm³/mol. The van der Waals surface area contributed by atoms with Gasteiger partial charge in [0.15, 0.2) is 0 Å². The first-order valence-electron chi connectivity index (χ1n) is 8.27. The van der Waals surface area contributed by atoms with Gasteiger partial charge in [0.2, 0.25) is 0 Å².